The van der Waals surface area contributed by atoms with Gasteiger partial charge in [0.25, 0.3) is 11.2 Å². The Hall–Kier alpha value is -3.44. The molecule has 5 heteroatoms. The fraction of sp³-hybridized carbons (Fsp3) is 0.154. The quantitative estimate of drug-likeness (QED) is 0.404. The van der Waals surface area contributed by atoms with Gasteiger partial charge in [-0.25, -0.2) is 0 Å². The summed E-state index contributed by atoms with van der Waals surface area (Å²) in [6.07, 6.45) is 0. The molecule has 0 heterocycles. The molecule has 0 atom stereocenters. The van der Waals surface area contributed by atoms with Crippen molar-refractivity contribution in [2.24, 2.45) is 0 Å². The summed E-state index contributed by atoms with van der Waals surface area (Å²) >= 11 is 0. The van der Waals surface area contributed by atoms with Gasteiger partial charge in [0.05, 0.1) is 13.2 Å². The fourth-order valence-corrected chi connectivity index (χ4v) is 8.27. The van der Waals surface area contributed by atoms with Gasteiger partial charge in [-0.2, -0.15) is 0 Å². The number of rotatable bonds is 6. The van der Waals surface area contributed by atoms with E-state index in [4.69, 9.17) is 9.47 Å². The van der Waals surface area contributed by atoms with Crippen LogP contribution in [0.15, 0.2) is 84.9 Å². The molecule has 31 heavy (non-hydrogen) atoms. The normalized spacial score (nSPS) is 11.4. The summed E-state index contributed by atoms with van der Waals surface area (Å²) in [5.41, 5.74) is -0.998. The molecule has 4 nitrogen and oxygen atoms in total. The number of hydrogen-bond donors (Lipinski definition) is 0. The van der Waals surface area contributed by atoms with E-state index in [-0.39, 0.29) is 13.2 Å². The van der Waals surface area contributed by atoms with Gasteiger partial charge < -0.3 is 9.47 Å². The van der Waals surface area contributed by atoms with Crippen LogP contribution in [-0.2, 0) is 9.47 Å². The molecule has 0 aromatic heterocycles. The molecule has 0 amide bonds. The molecular weight excluding hydrogens is 404 g/mol. The number of hydrogen-bond acceptors (Lipinski definition) is 4. The van der Waals surface area contributed by atoms with E-state index in [9.17, 15) is 9.59 Å². The Morgan fingerprint density at radius 3 is 1.42 bits per heavy atom. The van der Waals surface area contributed by atoms with Gasteiger partial charge in [-0.05, 0) is 45.8 Å². The first kappa shape index (κ1) is 20.8. The van der Waals surface area contributed by atoms with E-state index >= 15 is 0 Å². The number of carbonyl (C=O) groups is 2. The van der Waals surface area contributed by atoms with Crippen molar-refractivity contribution in [3.05, 3.63) is 84.9 Å². The van der Waals surface area contributed by atoms with Crippen LogP contribution < -0.4 is 10.4 Å². The monoisotopic (exact) mass is 428 g/mol. The van der Waals surface area contributed by atoms with E-state index in [2.05, 4.69) is 0 Å². The predicted molar refractivity (Wildman–Crippen MR) is 127 cm³/mol. The first-order chi connectivity index (χ1) is 15.1. The Morgan fingerprint density at radius 1 is 0.613 bits per heavy atom. The fourth-order valence-electron chi connectivity index (χ4n) is 4.25. The second-order valence-electron chi connectivity index (χ2n) is 7.24. The van der Waals surface area contributed by atoms with Crippen LogP contribution in [0.4, 0.5) is 9.59 Å². The van der Waals surface area contributed by atoms with Crippen molar-refractivity contribution < 1.29 is 19.1 Å². The smallest absolute Gasteiger partial charge is 0.372 e. The second kappa shape index (κ2) is 8.74. The molecule has 0 N–H and O–H groups in total. The van der Waals surface area contributed by atoms with Crippen molar-refractivity contribution >= 4 is 51.2 Å². The molecule has 0 radical (unpaired) electrons. The molecule has 0 aliphatic heterocycles. The van der Waals surface area contributed by atoms with Gasteiger partial charge in [-0.15, -0.1) is 0 Å². The minimum atomic E-state index is -3.85. The van der Waals surface area contributed by atoms with Gasteiger partial charge in [0.15, 0.2) is 0 Å². The topological polar surface area (TPSA) is 52.6 Å². The van der Waals surface area contributed by atoms with Gasteiger partial charge >= 0.3 is 8.07 Å². The minimum absolute atomic E-state index is 0.183. The lowest BCUT2D eigenvalue weighted by molar-refractivity contribution is 0.168. The maximum atomic E-state index is 13.8. The summed E-state index contributed by atoms with van der Waals surface area (Å²) in [4.78, 5) is 27.6. The number of fused-ring (bicyclic) bond motifs is 2. The average Bonchev–Trinajstić information content (AvgIpc) is 2.80. The maximum absolute atomic E-state index is 13.8. The highest BCUT2D eigenvalue weighted by Crippen LogP contribution is 2.23. The summed E-state index contributed by atoms with van der Waals surface area (Å²) in [5, 5.41) is 5.05. The zero-order chi connectivity index (χ0) is 21.8. The van der Waals surface area contributed by atoms with Crippen LogP contribution in [0.5, 0.6) is 0 Å². The lowest BCUT2D eigenvalue weighted by Gasteiger charge is -2.29. The van der Waals surface area contributed by atoms with Crippen molar-refractivity contribution in [2.75, 3.05) is 13.2 Å². The van der Waals surface area contributed by atoms with Crippen molar-refractivity contribution in [1.82, 2.24) is 0 Å². The Bertz CT molecular complexity index is 1150. The summed E-state index contributed by atoms with van der Waals surface area (Å²) in [6.45, 7) is 3.88. The van der Waals surface area contributed by atoms with Crippen molar-refractivity contribution in [3.8, 4) is 0 Å². The van der Waals surface area contributed by atoms with Crippen LogP contribution in [0.3, 0.4) is 0 Å². The maximum Gasteiger partial charge on any atom is 0.372 e. The predicted octanol–water partition coefficient (Wildman–Crippen LogP) is 5.03. The average molecular weight is 429 g/mol. The van der Waals surface area contributed by atoms with Gasteiger partial charge in [-0.1, -0.05) is 84.9 Å². The van der Waals surface area contributed by atoms with E-state index in [1.807, 2.05) is 84.9 Å². The Morgan fingerprint density at radius 2 is 1.00 bits per heavy atom. The summed E-state index contributed by atoms with van der Waals surface area (Å²) in [7, 11) is -3.85. The Kier molecular flexibility index (Phi) is 5.87. The van der Waals surface area contributed by atoms with E-state index in [0.29, 0.717) is 10.4 Å². The Labute approximate surface area is 182 Å². The third-order valence-corrected chi connectivity index (χ3v) is 9.55. The molecule has 4 aromatic carbocycles. The number of carbonyl (C=O) groups excluding carboxylic acids is 2. The van der Waals surface area contributed by atoms with Crippen LogP contribution in [-0.4, -0.2) is 32.5 Å². The molecule has 156 valence electrons. The highest BCUT2D eigenvalue weighted by Gasteiger charge is 2.58. The molecule has 0 aliphatic carbocycles. The zero-order valence-corrected chi connectivity index (χ0v) is 18.6. The molecule has 0 unspecified atom stereocenters. The van der Waals surface area contributed by atoms with Gasteiger partial charge in [-0.3, -0.25) is 9.59 Å². The minimum Gasteiger partial charge on any atom is -0.469 e. The van der Waals surface area contributed by atoms with Gasteiger partial charge in [0, 0.05) is 0 Å². The largest absolute Gasteiger partial charge is 0.469 e. The van der Waals surface area contributed by atoms with Crippen LogP contribution in [0.25, 0.3) is 21.5 Å². The number of benzene rings is 4. The molecule has 0 aliphatic rings. The first-order valence-corrected chi connectivity index (χ1v) is 12.5. The second-order valence-corrected chi connectivity index (χ2v) is 10.6. The first-order valence-electron chi connectivity index (χ1n) is 10.5. The van der Waals surface area contributed by atoms with Crippen LogP contribution in [0, 0.1) is 0 Å². The van der Waals surface area contributed by atoms with Crippen molar-refractivity contribution in [1.29, 1.82) is 0 Å². The highest BCUT2D eigenvalue weighted by molar-refractivity contribution is 7.38. The van der Waals surface area contributed by atoms with E-state index in [1.54, 1.807) is 13.8 Å². The van der Waals surface area contributed by atoms with Crippen LogP contribution in [0.2, 0.25) is 0 Å². The third kappa shape index (κ3) is 3.41. The molecule has 0 saturated heterocycles. The molecule has 4 aromatic rings. The molecule has 4 rings (SSSR count). The lowest BCUT2D eigenvalue weighted by atomic mass is 10.1. The molecular formula is C26H24O4Si. The third-order valence-electron chi connectivity index (χ3n) is 5.55. The highest BCUT2D eigenvalue weighted by atomic mass is 28.3. The molecule has 0 bridgehead atoms. The standard InChI is InChI=1S/C26H24O4Si/c1-3-29-25(27)31(26(28)30-4-2,23-17-9-13-19-11-5-7-15-21(19)23)24-18-10-14-20-12-6-8-16-22(20)24/h5-18H,3-4H2,1-2H3. The SMILES string of the molecule is CCOC(=O)[Si](C(=O)OCC)(c1cccc2ccccc12)c1cccc2ccccc12. The lowest BCUT2D eigenvalue weighted by Crippen LogP contribution is -2.71. The summed E-state index contributed by atoms with van der Waals surface area (Å²) in [5.74, 6) is 0. The van der Waals surface area contributed by atoms with Crippen LogP contribution in [0.1, 0.15) is 13.8 Å². The number of ether oxygens (including phenoxy) is 2. The molecule has 0 fully saturated rings. The van der Waals surface area contributed by atoms with Gasteiger partial charge in [0.1, 0.15) is 0 Å². The Balaban J connectivity index is 2.18. The van der Waals surface area contributed by atoms with Crippen LogP contribution >= 0.6 is 0 Å². The van der Waals surface area contributed by atoms with Gasteiger partial charge in [0.2, 0.25) is 0 Å². The van der Waals surface area contributed by atoms with E-state index < -0.39 is 19.3 Å². The molecule has 0 spiro atoms. The van der Waals surface area contributed by atoms with E-state index in [1.165, 1.54) is 0 Å². The van der Waals surface area contributed by atoms with Crippen molar-refractivity contribution in [2.45, 2.75) is 13.8 Å². The van der Waals surface area contributed by atoms with Crippen molar-refractivity contribution in [3.63, 3.8) is 0 Å². The summed E-state index contributed by atoms with van der Waals surface area (Å²) < 4.78 is 11.2. The summed E-state index contributed by atoms with van der Waals surface area (Å²) in [6, 6.07) is 27.1. The zero-order valence-electron chi connectivity index (χ0n) is 17.6. The molecule has 0 saturated carbocycles. The van der Waals surface area contributed by atoms with E-state index in [0.717, 1.165) is 21.5 Å².